The maximum Gasteiger partial charge on any atom is 0.327 e. The molecule has 1 aromatic rings. The van der Waals surface area contributed by atoms with E-state index in [9.17, 15) is 15.2 Å². The number of nitrogens with zero attached hydrogens (tertiary/aromatic N) is 3. The van der Waals surface area contributed by atoms with Crippen molar-refractivity contribution in [2.75, 3.05) is 23.0 Å². The van der Waals surface area contributed by atoms with Crippen molar-refractivity contribution in [3.63, 3.8) is 0 Å². The summed E-state index contributed by atoms with van der Waals surface area (Å²) >= 11 is 1.62. The van der Waals surface area contributed by atoms with E-state index in [-0.39, 0.29) is 0 Å². The van der Waals surface area contributed by atoms with Crippen molar-refractivity contribution < 1.29 is 9.90 Å². The summed E-state index contributed by atoms with van der Waals surface area (Å²) in [5, 5.41) is 18.6. The number of aromatic nitrogens is 1. The number of anilines is 1. The third kappa shape index (κ3) is 2.66. The molecular formula is C13H15N3O2S. The highest BCUT2D eigenvalue weighted by Crippen LogP contribution is 2.27. The predicted molar refractivity (Wildman–Crippen MR) is 74.5 cm³/mol. The highest BCUT2D eigenvalue weighted by atomic mass is 32.2. The summed E-state index contributed by atoms with van der Waals surface area (Å²) in [5.74, 6) is 1.02. The lowest BCUT2D eigenvalue weighted by molar-refractivity contribution is -0.138. The van der Waals surface area contributed by atoms with Crippen molar-refractivity contribution in [1.82, 2.24) is 4.98 Å². The molecule has 0 aliphatic carbocycles. The number of thioether (sulfide) groups is 1. The minimum atomic E-state index is -0.864. The molecule has 19 heavy (non-hydrogen) atoms. The Balaban J connectivity index is 2.50. The van der Waals surface area contributed by atoms with Gasteiger partial charge in [0.2, 0.25) is 0 Å². The molecule has 0 radical (unpaired) electrons. The fourth-order valence-electron chi connectivity index (χ4n) is 2.22. The van der Waals surface area contributed by atoms with Crippen LogP contribution in [0.3, 0.4) is 0 Å². The summed E-state index contributed by atoms with van der Waals surface area (Å²) in [6.07, 6.45) is 0. The monoisotopic (exact) mass is 277 g/mol. The number of aryl methyl sites for hydroxylation is 2. The van der Waals surface area contributed by atoms with Gasteiger partial charge in [0.15, 0.2) is 0 Å². The van der Waals surface area contributed by atoms with Crippen LogP contribution in [-0.4, -0.2) is 40.2 Å². The summed E-state index contributed by atoms with van der Waals surface area (Å²) < 4.78 is 0. The molecule has 1 N–H and O–H groups in total. The first kappa shape index (κ1) is 13.7. The van der Waals surface area contributed by atoms with Crippen LogP contribution in [0.25, 0.3) is 0 Å². The van der Waals surface area contributed by atoms with E-state index in [4.69, 9.17) is 0 Å². The normalized spacial score (nSPS) is 19.0. The number of hydrogen-bond acceptors (Lipinski definition) is 5. The first-order chi connectivity index (χ1) is 9.04. The van der Waals surface area contributed by atoms with E-state index in [2.05, 4.69) is 11.1 Å². The quantitative estimate of drug-likeness (QED) is 0.884. The minimum absolute atomic E-state index is 0.476. The standard InChI is InChI=1S/C13H15N3O2S/c1-8-5-9(2)15-12(10(8)6-14)16-3-4-19-7-11(16)13(17)18/h5,11H,3-4,7H2,1-2H3,(H,17,18). The van der Waals surface area contributed by atoms with Crippen LogP contribution in [0.15, 0.2) is 6.07 Å². The largest absolute Gasteiger partial charge is 0.480 e. The molecule has 0 amide bonds. The molecule has 0 aromatic carbocycles. The van der Waals surface area contributed by atoms with Crippen molar-refractivity contribution in [3.05, 3.63) is 22.9 Å². The van der Waals surface area contributed by atoms with Gasteiger partial charge >= 0.3 is 5.97 Å². The van der Waals surface area contributed by atoms with Crippen LogP contribution in [0.1, 0.15) is 16.8 Å². The van der Waals surface area contributed by atoms with Gasteiger partial charge < -0.3 is 10.0 Å². The van der Waals surface area contributed by atoms with Gasteiger partial charge in [0, 0.05) is 23.7 Å². The van der Waals surface area contributed by atoms with E-state index in [1.165, 1.54) is 0 Å². The molecule has 1 saturated heterocycles. The Hall–Kier alpha value is -1.74. The molecule has 5 nitrogen and oxygen atoms in total. The molecule has 100 valence electrons. The molecule has 1 aromatic heterocycles. The van der Waals surface area contributed by atoms with Gasteiger partial charge in [-0.05, 0) is 25.5 Å². The molecule has 0 bridgehead atoms. The second kappa shape index (κ2) is 5.49. The van der Waals surface area contributed by atoms with Gasteiger partial charge in [0.05, 0.1) is 5.56 Å². The predicted octanol–water partition coefficient (Wildman–Crippen LogP) is 1.58. The lowest BCUT2D eigenvalue weighted by Gasteiger charge is -2.34. The number of pyridine rings is 1. The van der Waals surface area contributed by atoms with Crippen molar-refractivity contribution in [1.29, 1.82) is 5.26 Å². The Labute approximate surface area is 116 Å². The maximum absolute atomic E-state index is 11.3. The number of carboxylic acids is 1. The second-order valence-corrected chi connectivity index (χ2v) is 5.66. The molecule has 1 aliphatic rings. The molecule has 0 spiro atoms. The number of hydrogen-bond donors (Lipinski definition) is 1. The van der Waals surface area contributed by atoms with E-state index < -0.39 is 12.0 Å². The lowest BCUT2D eigenvalue weighted by atomic mass is 10.1. The Morgan fingerprint density at radius 1 is 1.63 bits per heavy atom. The Bertz CT molecular complexity index is 554. The fourth-order valence-corrected chi connectivity index (χ4v) is 3.26. The van der Waals surface area contributed by atoms with Gasteiger partial charge in [-0.25, -0.2) is 9.78 Å². The molecule has 1 unspecified atom stereocenters. The number of carboxylic acid groups (broad SMARTS) is 1. The van der Waals surface area contributed by atoms with E-state index in [1.54, 1.807) is 16.7 Å². The number of nitriles is 1. The molecular weight excluding hydrogens is 262 g/mol. The first-order valence-corrected chi connectivity index (χ1v) is 7.15. The molecule has 1 fully saturated rings. The molecule has 2 heterocycles. The topological polar surface area (TPSA) is 77.2 Å². The molecule has 2 rings (SSSR count). The van der Waals surface area contributed by atoms with Crippen molar-refractivity contribution in [2.45, 2.75) is 19.9 Å². The van der Waals surface area contributed by atoms with Gasteiger partial charge in [-0.1, -0.05) is 0 Å². The molecule has 1 aliphatic heterocycles. The number of aliphatic carboxylic acids is 1. The van der Waals surface area contributed by atoms with Gasteiger partial charge in [-0.15, -0.1) is 0 Å². The van der Waals surface area contributed by atoms with Crippen LogP contribution in [-0.2, 0) is 4.79 Å². The lowest BCUT2D eigenvalue weighted by Crippen LogP contribution is -2.48. The summed E-state index contributed by atoms with van der Waals surface area (Å²) in [6, 6.07) is 3.38. The zero-order valence-electron chi connectivity index (χ0n) is 10.9. The third-order valence-electron chi connectivity index (χ3n) is 3.12. The van der Waals surface area contributed by atoms with E-state index >= 15 is 0 Å². The Morgan fingerprint density at radius 3 is 3.00 bits per heavy atom. The zero-order valence-corrected chi connectivity index (χ0v) is 11.7. The minimum Gasteiger partial charge on any atom is -0.480 e. The van der Waals surface area contributed by atoms with Crippen molar-refractivity contribution in [2.24, 2.45) is 0 Å². The third-order valence-corrected chi connectivity index (χ3v) is 4.15. The second-order valence-electron chi connectivity index (χ2n) is 4.51. The van der Waals surface area contributed by atoms with Crippen LogP contribution in [0.5, 0.6) is 0 Å². The average Bonchev–Trinajstić information content (AvgIpc) is 2.37. The summed E-state index contributed by atoms with van der Waals surface area (Å²) in [7, 11) is 0. The molecule has 1 atom stereocenters. The highest BCUT2D eigenvalue weighted by molar-refractivity contribution is 7.99. The average molecular weight is 277 g/mol. The maximum atomic E-state index is 11.3. The number of carbonyl (C=O) groups is 1. The van der Waals surface area contributed by atoms with Gasteiger partial charge in [-0.3, -0.25) is 0 Å². The Kier molecular flexibility index (Phi) is 3.96. The van der Waals surface area contributed by atoms with Crippen molar-refractivity contribution in [3.8, 4) is 6.07 Å². The van der Waals surface area contributed by atoms with E-state index in [0.717, 1.165) is 17.0 Å². The van der Waals surface area contributed by atoms with E-state index in [0.29, 0.717) is 23.7 Å². The summed E-state index contributed by atoms with van der Waals surface area (Å²) in [5.41, 5.74) is 2.12. The van der Waals surface area contributed by atoms with Gasteiger partial charge in [0.25, 0.3) is 0 Å². The van der Waals surface area contributed by atoms with Gasteiger partial charge in [-0.2, -0.15) is 17.0 Å². The fraction of sp³-hybridized carbons (Fsp3) is 0.462. The highest BCUT2D eigenvalue weighted by Gasteiger charge is 2.31. The molecule has 0 saturated carbocycles. The summed E-state index contributed by atoms with van der Waals surface area (Å²) in [6.45, 7) is 4.31. The van der Waals surface area contributed by atoms with Gasteiger partial charge in [0.1, 0.15) is 17.9 Å². The van der Waals surface area contributed by atoms with Crippen LogP contribution in [0, 0.1) is 25.2 Å². The smallest absolute Gasteiger partial charge is 0.327 e. The number of rotatable bonds is 2. The zero-order chi connectivity index (χ0) is 14.0. The van der Waals surface area contributed by atoms with Crippen LogP contribution >= 0.6 is 11.8 Å². The van der Waals surface area contributed by atoms with Crippen molar-refractivity contribution >= 4 is 23.5 Å². The van der Waals surface area contributed by atoms with E-state index in [1.807, 2.05) is 19.9 Å². The molecule has 6 heteroatoms. The van der Waals surface area contributed by atoms with Crippen LogP contribution < -0.4 is 4.90 Å². The van der Waals surface area contributed by atoms with Crippen LogP contribution in [0.2, 0.25) is 0 Å². The Morgan fingerprint density at radius 2 is 2.37 bits per heavy atom. The summed E-state index contributed by atoms with van der Waals surface area (Å²) in [4.78, 5) is 17.5. The van der Waals surface area contributed by atoms with Crippen LogP contribution in [0.4, 0.5) is 5.82 Å². The first-order valence-electron chi connectivity index (χ1n) is 6.00. The SMILES string of the molecule is Cc1cc(C)c(C#N)c(N2CCSCC2C(=O)O)n1.